The highest BCUT2D eigenvalue weighted by molar-refractivity contribution is 7.99. The first-order valence-corrected chi connectivity index (χ1v) is 9.75. The minimum Gasteiger partial charge on any atom is -0.492 e. The topological polar surface area (TPSA) is 93.4 Å². The van der Waals surface area contributed by atoms with Crippen LogP contribution in [0.2, 0.25) is 0 Å². The van der Waals surface area contributed by atoms with Gasteiger partial charge in [0.15, 0.2) is 0 Å². The number of hydrogen-bond donors (Lipinski definition) is 0. The standard InChI is InChI=1S/C17H22N6O3S/c1-3-26-15-7-5-4-6-14(15)23-17(18-19-20-23)27-12-16(25)22-10-8-21(9-11-22)13(2)24/h4-7H,3,8-12H2,1-2H3. The van der Waals surface area contributed by atoms with E-state index in [0.717, 1.165) is 5.69 Å². The number of piperazine rings is 1. The van der Waals surface area contributed by atoms with Gasteiger partial charge in [-0.15, -0.1) is 5.10 Å². The molecule has 10 heteroatoms. The van der Waals surface area contributed by atoms with Crippen molar-refractivity contribution in [3.05, 3.63) is 24.3 Å². The summed E-state index contributed by atoms with van der Waals surface area (Å²) in [5.41, 5.74) is 0.731. The summed E-state index contributed by atoms with van der Waals surface area (Å²) >= 11 is 1.28. The molecule has 2 aromatic rings. The van der Waals surface area contributed by atoms with Crippen molar-refractivity contribution < 1.29 is 14.3 Å². The molecule has 0 atom stereocenters. The highest BCUT2D eigenvalue weighted by atomic mass is 32.2. The van der Waals surface area contributed by atoms with Gasteiger partial charge in [0.25, 0.3) is 0 Å². The molecular formula is C17H22N6O3S. The summed E-state index contributed by atoms with van der Waals surface area (Å²) in [6, 6.07) is 7.49. The molecule has 1 aliphatic heterocycles. The molecule has 0 aliphatic carbocycles. The predicted molar refractivity (Wildman–Crippen MR) is 99.9 cm³/mol. The molecule has 0 unspecified atom stereocenters. The molecule has 0 spiro atoms. The molecule has 1 aromatic carbocycles. The normalized spacial score (nSPS) is 14.3. The fraction of sp³-hybridized carbons (Fsp3) is 0.471. The number of nitrogens with zero attached hydrogens (tertiary/aromatic N) is 6. The van der Waals surface area contributed by atoms with Crippen LogP contribution in [0.15, 0.2) is 29.4 Å². The van der Waals surface area contributed by atoms with Crippen molar-refractivity contribution in [2.45, 2.75) is 19.0 Å². The molecule has 2 heterocycles. The third-order valence-corrected chi connectivity index (χ3v) is 5.14. The Kier molecular flexibility index (Phi) is 6.28. The molecule has 0 bridgehead atoms. The molecule has 0 saturated carbocycles. The summed E-state index contributed by atoms with van der Waals surface area (Å²) in [6.45, 7) is 6.25. The summed E-state index contributed by atoms with van der Waals surface area (Å²) in [6.07, 6.45) is 0. The Morgan fingerprint density at radius 3 is 2.56 bits per heavy atom. The van der Waals surface area contributed by atoms with Gasteiger partial charge in [0.2, 0.25) is 17.0 Å². The van der Waals surface area contributed by atoms with Crippen LogP contribution in [0, 0.1) is 0 Å². The molecule has 1 saturated heterocycles. The van der Waals surface area contributed by atoms with Gasteiger partial charge in [0.1, 0.15) is 11.4 Å². The molecule has 9 nitrogen and oxygen atoms in total. The molecule has 1 fully saturated rings. The Morgan fingerprint density at radius 2 is 1.85 bits per heavy atom. The number of ether oxygens (including phenoxy) is 1. The molecule has 1 aromatic heterocycles. The molecule has 0 radical (unpaired) electrons. The van der Waals surface area contributed by atoms with E-state index in [1.807, 2.05) is 31.2 Å². The second-order valence-electron chi connectivity index (χ2n) is 5.95. The second-order valence-corrected chi connectivity index (χ2v) is 6.89. The molecule has 1 aliphatic rings. The van der Waals surface area contributed by atoms with Crippen LogP contribution in [-0.4, -0.2) is 80.4 Å². The van der Waals surface area contributed by atoms with Crippen molar-refractivity contribution in [3.63, 3.8) is 0 Å². The summed E-state index contributed by atoms with van der Waals surface area (Å²) < 4.78 is 7.21. The molecule has 144 valence electrons. The number of carbonyl (C=O) groups excluding carboxylic acids is 2. The zero-order chi connectivity index (χ0) is 19.2. The lowest BCUT2D eigenvalue weighted by molar-refractivity contribution is -0.136. The quantitative estimate of drug-likeness (QED) is 0.675. The second kappa shape index (κ2) is 8.85. The number of hydrogen-bond acceptors (Lipinski definition) is 7. The first kappa shape index (κ1) is 19.2. The van der Waals surface area contributed by atoms with Gasteiger partial charge in [-0.25, -0.2) is 0 Å². The zero-order valence-electron chi connectivity index (χ0n) is 15.4. The van der Waals surface area contributed by atoms with Crippen LogP contribution in [0.4, 0.5) is 0 Å². The Bertz CT molecular complexity index is 803. The van der Waals surface area contributed by atoms with E-state index in [4.69, 9.17) is 4.74 Å². The Hall–Kier alpha value is -2.62. The summed E-state index contributed by atoms with van der Waals surface area (Å²) in [5, 5.41) is 12.3. The van der Waals surface area contributed by atoms with Crippen molar-refractivity contribution in [1.82, 2.24) is 30.0 Å². The molecule has 27 heavy (non-hydrogen) atoms. The Morgan fingerprint density at radius 1 is 1.15 bits per heavy atom. The van der Waals surface area contributed by atoms with E-state index in [1.165, 1.54) is 11.8 Å². The van der Waals surface area contributed by atoms with Crippen LogP contribution in [0.1, 0.15) is 13.8 Å². The van der Waals surface area contributed by atoms with Crippen molar-refractivity contribution >= 4 is 23.6 Å². The number of benzene rings is 1. The van der Waals surface area contributed by atoms with Crippen LogP contribution < -0.4 is 4.74 Å². The SMILES string of the molecule is CCOc1ccccc1-n1nnnc1SCC(=O)N1CCN(C(C)=O)CC1. The minimum atomic E-state index is 0.0100. The van der Waals surface area contributed by atoms with Crippen LogP contribution in [0.25, 0.3) is 5.69 Å². The van der Waals surface area contributed by atoms with E-state index < -0.39 is 0 Å². The van der Waals surface area contributed by atoms with Gasteiger partial charge < -0.3 is 14.5 Å². The van der Waals surface area contributed by atoms with Gasteiger partial charge in [-0.3, -0.25) is 9.59 Å². The van der Waals surface area contributed by atoms with E-state index in [1.54, 1.807) is 21.4 Å². The first-order chi connectivity index (χ1) is 13.1. The number of amides is 2. The van der Waals surface area contributed by atoms with E-state index in [2.05, 4.69) is 15.5 Å². The lowest BCUT2D eigenvalue weighted by Gasteiger charge is -2.34. The fourth-order valence-electron chi connectivity index (χ4n) is 2.82. The lowest BCUT2D eigenvalue weighted by atomic mass is 10.3. The summed E-state index contributed by atoms with van der Waals surface area (Å²) in [4.78, 5) is 27.4. The fourth-order valence-corrected chi connectivity index (χ4v) is 3.60. The zero-order valence-corrected chi connectivity index (χ0v) is 16.2. The molecule has 0 N–H and O–H groups in total. The average Bonchev–Trinajstić information content (AvgIpc) is 3.15. The maximum Gasteiger partial charge on any atom is 0.233 e. The van der Waals surface area contributed by atoms with E-state index in [9.17, 15) is 9.59 Å². The maximum absolute atomic E-state index is 12.5. The number of rotatable bonds is 6. The van der Waals surface area contributed by atoms with Gasteiger partial charge in [0.05, 0.1) is 12.4 Å². The van der Waals surface area contributed by atoms with Crippen LogP contribution >= 0.6 is 11.8 Å². The van der Waals surface area contributed by atoms with Crippen LogP contribution in [0.5, 0.6) is 5.75 Å². The number of carbonyl (C=O) groups is 2. The minimum absolute atomic E-state index is 0.0100. The molecular weight excluding hydrogens is 368 g/mol. The van der Waals surface area contributed by atoms with Crippen molar-refractivity contribution in [1.29, 1.82) is 0 Å². The lowest BCUT2D eigenvalue weighted by Crippen LogP contribution is -2.50. The maximum atomic E-state index is 12.5. The number of para-hydroxylation sites is 2. The number of tetrazole rings is 1. The van der Waals surface area contributed by atoms with Gasteiger partial charge in [-0.2, -0.15) is 4.68 Å². The van der Waals surface area contributed by atoms with Crippen LogP contribution in [-0.2, 0) is 9.59 Å². The highest BCUT2D eigenvalue weighted by Gasteiger charge is 2.23. The van der Waals surface area contributed by atoms with Crippen LogP contribution in [0.3, 0.4) is 0 Å². The van der Waals surface area contributed by atoms with Crippen molar-refractivity contribution in [2.24, 2.45) is 0 Å². The average molecular weight is 390 g/mol. The van der Waals surface area contributed by atoms with E-state index in [0.29, 0.717) is 43.7 Å². The monoisotopic (exact) mass is 390 g/mol. The van der Waals surface area contributed by atoms with Gasteiger partial charge >= 0.3 is 0 Å². The van der Waals surface area contributed by atoms with Crippen molar-refractivity contribution in [2.75, 3.05) is 38.5 Å². The summed E-state index contributed by atoms with van der Waals surface area (Å²) in [7, 11) is 0. The van der Waals surface area contributed by atoms with Gasteiger partial charge in [0, 0.05) is 33.1 Å². The predicted octanol–water partition coefficient (Wildman–Crippen LogP) is 0.844. The van der Waals surface area contributed by atoms with Crippen molar-refractivity contribution in [3.8, 4) is 11.4 Å². The Balaban J connectivity index is 1.63. The smallest absolute Gasteiger partial charge is 0.233 e. The van der Waals surface area contributed by atoms with E-state index >= 15 is 0 Å². The number of aromatic nitrogens is 4. The third kappa shape index (κ3) is 4.57. The highest BCUT2D eigenvalue weighted by Crippen LogP contribution is 2.26. The van der Waals surface area contributed by atoms with E-state index in [-0.39, 0.29) is 17.6 Å². The van der Waals surface area contributed by atoms with Gasteiger partial charge in [-0.1, -0.05) is 23.9 Å². The molecule has 2 amide bonds. The first-order valence-electron chi connectivity index (χ1n) is 8.76. The molecule has 3 rings (SSSR count). The Labute approximate surface area is 161 Å². The number of thioether (sulfide) groups is 1. The third-order valence-electron chi connectivity index (χ3n) is 4.24. The van der Waals surface area contributed by atoms with Gasteiger partial charge in [-0.05, 0) is 29.5 Å². The largest absolute Gasteiger partial charge is 0.492 e. The summed E-state index contributed by atoms with van der Waals surface area (Å²) in [5.74, 6) is 0.970.